The molecule has 2 aliphatic rings. The van der Waals surface area contributed by atoms with Crippen LogP contribution in [-0.4, -0.2) is 35.1 Å². The van der Waals surface area contributed by atoms with Gasteiger partial charge in [-0.15, -0.1) is 0 Å². The van der Waals surface area contributed by atoms with Gasteiger partial charge in [-0.1, -0.05) is 27.2 Å². The van der Waals surface area contributed by atoms with Crippen molar-refractivity contribution in [3.63, 3.8) is 0 Å². The van der Waals surface area contributed by atoms with Crippen LogP contribution in [0.3, 0.4) is 0 Å². The largest absolute Gasteiger partial charge is 0.481 e. The summed E-state index contributed by atoms with van der Waals surface area (Å²) in [5.74, 6) is 1.02. The van der Waals surface area contributed by atoms with Crippen molar-refractivity contribution in [3.8, 4) is 0 Å². The molecule has 19 heavy (non-hydrogen) atoms. The van der Waals surface area contributed by atoms with Crippen LogP contribution in [0.1, 0.15) is 59.3 Å². The highest BCUT2D eigenvalue weighted by atomic mass is 16.4. The van der Waals surface area contributed by atoms with Gasteiger partial charge in [-0.3, -0.25) is 4.79 Å². The van der Waals surface area contributed by atoms with E-state index in [2.05, 4.69) is 18.7 Å². The highest BCUT2D eigenvalue weighted by Gasteiger charge is 2.42. The summed E-state index contributed by atoms with van der Waals surface area (Å²) < 4.78 is 0. The van der Waals surface area contributed by atoms with E-state index in [4.69, 9.17) is 0 Å². The molecular formula is C16H29NO2. The molecule has 0 amide bonds. The summed E-state index contributed by atoms with van der Waals surface area (Å²) in [5, 5.41) is 9.46. The van der Waals surface area contributed by atoms with Crippen molar-refractivity contribution in [2.75, 3.05) is 13.1 Å². The molecule has 1 N–H and O–H groups in total. The van der Waals surface area contributed by atoms with Crippen LogP contribution in [0.5, 0.6) is 0 Å². The van der Waals surface area contributed by atoms with Crippen LogP contribution in [0, 0.1) is 17.3 Å². The van der Waals surface area contributed by atoms with Gasteiger partial charge in [-0.05, 0) is 57.0 Å². The third-order valence-electron chi connectivity index (χ3n) is 5.77. The molecule has 0 spiro atoms. The van der Waals surface area contributed by atoms with Crippen molar-refractivity contribution in [1.82, 2.24) is 4.90 Å². The van der Waals surface area contributed by atoms with Crippen LogP contribution in [-0.2, 0) is 4.79 Å². The molecule has 0 aromatic rings. The number of hydrogen-bond acceptors (Lipinski definition) is 2. The summed E-state index contributed by atoms with van der Waals surface area (Å²) >= 11 is 0. The van der Waals surface area contributed by atoms with Crippen molar-refractivity contribution >= 4 is 5.97 Å². The highest BCUT2D eigenvalue weighted by molar-refractivity contribution is 5.74. The molecule has 1 saturated carbocycles. The number of nitrogens with zero attached hydrogens (tertiary/aromatic N) is 1. The van der Waals surface area contributed by atoms with Crippen molar-refractivity contribution in [1.29, 1.82) is 0 Å². The number of carbonyl (C=O) groups is 1. The fourth-order valence-corrected chi connectivity index (χ4v) is 4.01. The third kappa shape index (κ3) is 2.96. The van der Waals surface area contributed by atoms with E-state index in [0.717, 1.165) is 44.2 Å². The topological polar surface area (TPSA) is 40.5 Å². The standard InChI is InChI=1S/C16H29NO2/c1-4-16(15(18)19)7-9-17(10-8-16)14-11-12(2)5-6-13(14)3/h12-14H,4-11H2,1-3H3,(H,18,19). The number of rotatable bonds is 3. The minimum atomic E-state index is -0.584. The van der Waals surface area contributed by atoms with Crippen molar-refractivity contribution < 1.29 is 9.90 Å². The van der Waals surface area contributed by atoms with E-state index in [1.165, 1.54) is 19.3 Å². The van der Waals surface area contributed by atoms with Crippen LogP contribution in [0.2, 0.25) is 0 Å². The average Bonchev–Trinajstić information content (AvgIpc) is 2.41. The van der Waals surface area contributed by atoms with Crippen molar-refractivity contribution in [3.05, 3.63) is 0 Å². The summed E-state index contributed by atoms with van der Waals surface area (Å²) in [4.78, 5) is 14.1. The van der Waals surface area contributed by atoms with Crippen molar-refractivity contribution in [2.24, 2.45) is 17.3 Å². The molecule has 2 rings (SSSR count). The van der Waals surface area contributed by atoms with Gasteiger partial charge in [0.05, 0.1) is 5.41 Å². The third-order valence-corrected chi connectivity index (χ3v) is 5.77. The maximum atomic E-state index is 11.5. The van der Waals surface area contributed by atoms with E-state index < -0.39 is 11.4 Å². The van der Waals surface area contributed by atoms with Gasteiger partial charge in [0.1, 0.15) is 0 Å². The van der Waals surface area contributed by atoms with E-state index >= 15 is 0 Å². The Morgan fingerprint density at radius 1 is 1.26 bits per heavy atom. The molecule has 0 aromatic carbocycles. The Morgan fingerprint density at radius 2 is 1.89 bits per heavy atom. The van der Waals surface area contributed by atoms with Crippen LogP contribution in [0.25, 0.3) is 0 Å². The predicted molar refractivity (Wildman–Crippen MR) is 77.1 cm³/mol. The van der Waals surface area contributed by atoms with Gasteiger partial charge in [0.15, 0.2) is 0 Å². The molecule has 0 radical (unpaired) electrons. The van der Waals surface area contributed by atoms with Gasteiger partial charge in [0.25, 0.3) is 0 Å². The molecule has 3 unspecified atom stereocenters. The molecule has 2 fully saturated rings. The summed E-state index contributed by atoms with van der Waals surface area (Å²) in [6.45, 7) is 8.70. The Kier molecular flexibility index (Phi) is 4.54. The lowest BCUT2D eigenvalue weighted by molar-refractivity contribution is -0.153. The van der Waals surface area contributed by atoms with Crippen molar-refractivity contribution in [2.45, 2.75) is 65.3 Å². The van der Waals surface area contributed by atoms with E-state index in [0.29, 0.717) is 6.04 Å². The Morgan fingerprint density at radius 3 is 2.42 bits per heavy atom. The lowest BCUT2D eigenvalue weighted by Crippen LogP contribution is -2.51. The molecule has 3 heteroatoms. The monoisotopic (exact) mass is 267 g/mol. The Labute approximate surface area is 117 Å². The maximum absolute atomic E-state index is 11.5. The minimum absolute atomic E-state index is 0.444. The maximum Gasteiger partial charge on any atom is 0.309 e. The van der Waals surface area contributed by atoms with E-state index in [9.17, 15) is 9.90 Å². The average molecular weight is 267 g/mol. The van der Waals surface area contributed by atoms with Gasteiger partial charge < -0.3 is 10.0 Å². The lowest BCUT2D eigenvalue weighted by atomic mass is 9.74. The fraction of sp³-hybridized carbons (Fsp3) is 0.938. The summed E-state index contributed by atoms with van der Waals surface area (Å²) in [5.41, 5.74) is -0.444. The number of aliphatic carboxylic acids is 1. The molecule has 3 nitrogen and oxygen atoms in total. The second kappa shape index (κ2) is 5.82. The van der Waals surface area contributed by atoms with E-state index in [1.54, 1.807) is 0 Å². The molecule has 0 bridgehead atoms. The first-order chi connectivity index (χ1) is 8.98. The summed E-state index contributed by atoms with van der Waals surface area (Å²) in [6.07, 6.45) is 6.42. The highest BCUT2D eigenvalue weighted by Crippen LogP contribution is 2.39. The number of carboxylic acid groups (broad SMARTS) is 1. The SMILES string of the molecule is CCC1(C(=O)O)CCN(C2CC(C)CCC2C)CC1. The number of hydrogen-bond donors (Lipinski definition) is 1. The first kappa shape index (κ1) is 14.8. The fourth-order valence-electron chi connectivity index (χ4n) is 4.01. The zero-order valence-corrected chi connectivity index (χ0v) is 12.7. The smallest absolute Gasteiger partial charge is 0.309 e. The molecule has 1 aliphatic carbocycles. The molecule has 1 saturated heterocycles. The quantitative estimate of drug-likeness (QED) is 0.852. The molecule has 1 heterocycles. The number of piperidine rings is 1. The van der Waals surface area contributed by atoms with E-state index in [-0.39, 0.29) is 0 Å². The van der Waals surface area contributed by atoms with Crippen LogP contribution in [0.15, 0.2) is 0 Å². The molecule has 3 atom stereocenters. The Balaban J connectivity index is 1.97. The van der Waals surface area contributed by atoms with E-state index in [1.807, 2.05) is 6.92 Å². The van der Waals surface area contributed by atoms with Gasteiger partial charge in [0, 0.05) is 6.04 Å². The first-order valence-electron chi connectivity index (χ1n) is 7.96. The second-order valence-electron chi connectivity index (χ2n) is 6.94. The van der Waals surface area contributed by atoms with Gasteiger partial charge in [-0.25, -0.2) is 0 Å². The van der Waals surface area contributed by atoms with Gasteiger partial charge in [-0.2, -0.15) is 0 Å². The Bertz CT molecular complexity index is 321. The van der Waals surface area contributed by atoms with Crippen LogP contribution >= 0.6 is 0 Å². The molecular weight excluding hydrogens is 238 g/mol. The molecule has 0 aromatic heterocycles. The summed E-state index contributed by atoms with van der Waals surface area (Å²) in [6, 6.07) is 0.687. The Hall–Kier alpha value is -0.570. The molecule has 110 valence electrons. The lowest BCUT2D eigenvalue weighted by Gasteiger charge is -2.46. The predicted octanol–water partition coefficient (Wildman–Crippen LogP) is 3.39. The first-order valence-corrected chi connectivity index (χ1v) is 7.96. The second-order valence-corrected chi connectivity index (χ2v) is 6.94. The zero-order chi connectivity index (χ0) is 14.0. The van der Waals surface area contributed by atoms with Gasteiger partial charge in [0.2, 0.25) is 0 Å². The van der Waals surface area contributed by atoms with Gasteiger partial charge >= 0.3 is 5.97 Å². The van der Waals surface area contributed by atoms with Crippen LogP contribution < -0.4 is 0 Å². The normalized spacial score (nSPS) is 36.1. The zero-order valence-electron chi connectivity index (χ0n) is 12.7. The summed E-state index contributed by atoms with van der Waals surface area (Å²) in [7, 11) is 0. The number of likely N-dealkylation sites (tertiary alicyclic amines) is 1. The van der Waals surface area contributed by atoms with Crippen LogP contribution in [0.4, 0.5) is 0 Å². The minimum Gasteiger partial charge on any atom is -0.481 e. The molecule has 1 aliphatic heterocycles. The number of carboxylic acids is 1.